The molecule has 0 saturated carbocycles. The highest BCUT2D eigenvalue weighted by atomic mass is 33.1. The fourth-order valence-corrected chi connectivity index (χ4v) is 10.3. The van der Waals surface area contributed by atoms with Crippen LogP contribution in [0.5, 0.6) is 5.75 Å². The summed E-state index contributed by atoms with van der Waals surface area (Å²) in [4.78, 5) is 150. The number of phenols is 1. The molecule has 1 aromatic carbocycles. The molecule has 0 radical (unpaired) electrons. The predicted molar refractivity (Wildman–Crippen MR) is 267 cm³/mol. The molecule has 11 amide bonds. The van der Waals surface area contributed by atoms with Gasteiger partial charge in [0.05, 0.1) is 50.6 Å². The third-order valence-corrected chi connectivity index (χ3v) is 14.4. The number of carbonyl (C=O) groups excluding carboxylic acids is 11. The first-order chi connectivity index (χ1) is 34.5. The quantitative estimate of drug-likeness (QED) is 0.0362. The van der Waals surface area contributed by atoms with Crippen LogP contribution in [0.15, 0.2) is 24.3 Å². The number of amides is 11. The molecule has 9 atom stereocenters. The number of aromatic hydroxyl groups is 1. The lowest BCUT2D eigenvalue weighted by atomic mass is 9.96. The Morgan fingerprint density at radius 2 is 1.47 bits per heavy atom. The lowest BCUT2D eigenvalue weighted by molar-refractivity contribution is -0.141. The van der Waals surface area contributed by atoms with E-state index in [1.807, 2.05) is 0 Å². The number of fused-ring (bicyclic) bond motifs is 3. The van der Waals surface area contributed by atoms with Crippen LogP contribution in [0.2, 0.25) is 0 Å². The Balaban J connectivity index is 2.18. The molecule has 2 heterocycles. The van der Waals surface area contributed by atoms with Crippen molar-refractivity contribution in [3.05, 3.63) is 29.8 Å². The molecule has 2 saturated heterocycles. The monoisotopic (exact) mass is 1070 g/mol. The summed E-state index contributed by atoms with van der Waals surface area (Å²) in [5.74, 6) is -10.6. The van der Waals surface area contributed by atoms with Crippen molar-refractivity contribution >= 4 is 86.6 Å². The zero-order valence-electron chi connectivity index (χ0n) is 41.3. The molecule has 2 fully saturated rings. The first-order valence-corrected chi connectivity index (χ1v) is 26.1. The van der Waals surface area contributed by atoms with Crippen LogP contribution in [-0.2, 0) is 63.9 Å². The molecule has 406 valence electrons. The number of benzene rings is 1. The van der Waals surface area contributed by atoms with Gasteiger partial charge in [-0.2, -0.15) is 0 Å². The van der Waals surface area contributed by atoms with Crippen molar-refractivity contribution in [2.24, 2.45) is 29.0 Å². The van der Waals surface area contributed by atoms with Crippen molar-refractivity contribution in [3.8, 4) is 5.75 Å². The minimum Gasteiger partial charge on any atom is -0.508 e. The topological polar surface area (TPSA) is 415 Å². The number of nitrogens with two attached hydrogens (primary N) is 3. The number of carbonyl (C=O) groups is 11. The summed E-state index contributed by atoms with van der Waals surface area (Å²) in [6.07, 6.45) is -1.37. The van der Waals surface area contributed by atoms with Gasteiger partial charge in [0.2, 0.25) is 65.0 Å². The Morgan fingerprint density at radius 1 is 0.822 bits per heavy atom. The third-order valence-electron chi connectivity index (χ3n) is 11.6. The van der Waals surface area contributed by atoms with Gasteiger partial charge in [-0.15, -0.1) is 0 Å². The SMILES string of the molecule is CC[C@H](C)[C@@H]1NC(=O)[C@H](Cc2ccc(O)cc2)NC(=O)[C@@H]2CSSC(CN2)[C@@H](C(=O)N(CCOCCO)CC(=O)N[C@@H](CC(C)C)C(=O)NCC(N)=O)NC(=O)[C@H](CC(N)=O)NC(=O)[C@H](CCC(N)=O)NC1=O. The molecule has 26 nitrogen and oxygen atoms in total. The molecule has 2 bridgehead atoms. The average Bonchev–Trinajstić information content (AvgIpc) is 3.59. The largest absolute Gasteiger partial charge is 0.508 e. The highest BCUT2D eigenvalue weighted by Crippen LogP contribution is 2.32. The molecule has 28 heteroatoms. The number of primary amides is 3. The lowest BCUT2D eigenvalue weighted by Gasteiger charge is -2.33. The van der Waals surface area contributed by atoms with Gasteiger partial charge in [0.1, 0.15) is 42.0 Å². The van der Waals surface area contributed by atoms with Gasteiger partial charge in [-0.3, -0.25) is 52.7 Å². The number of nitrogens with one attached hydrogen (secondary N) is 8. The van der Waals surface area contributed by atoms with Gasteiger partial charge in [-0.1, -0.05) is 67.8 Å². The van der Waals surface area contributed by atoms with Gasteiger partial charge in [0, 0.05) is 31.7 Å². The lowest BCUT2D eigenvalue weighted by Crippen LogP contribution is -2.62. The van der Waals surface area contributed by atoms with Gasteiger partial charge < -0.3 is 79.6 Å². The molecule has 2 aliphatic rings. The Hall–Kier alpha value is -6.23. The fraction of sp³-hybridized carbons (Fsp3) is 0.622. The van der Waals surface area contributed by atoms with Gasteiger partial charge in [0.25, 0.3) is 0 Å². The second-order valence-corrected chi connectivity index (χ2v) is 20.6. The Bertz CT molecular complexity index is 2120. The van der Waals surface area contributed by atoms with Gasteiger partial charge in [-0.05, 0) is 42.4 Å². The molecular weight excluding hydrogens is 997 g/mol. The summed E-state index contributed by atoms with van der Waals surface area (Å²) in [6, 6.07) is -4.08. The van der Waals surface area contributed by atoms with Crippen molar-refractivity contribution in [1.82, 2.24) is 47.4 Å². The second kappa shape index (κ2) is 30.7. The van der Waals surface area contributed by atoms with Crippen LogP contribution < -0.4 is 59.7 Å². The summed E-state index contributed by atoms with van der Waals surface area (Å²) in [5, 5.41) is 39.3. The van der Waals surface area contributed by atoms with E-state index < -0.39 is 151 Å². The molecule has 1 unspecified atom stereocenters. The van der Waals surface area contributed by atoms with Gasteiger partial charge in [-0.25, -0.2) is 0 Å². The minimum atomic E-state index is -1.82. The number of phenolic OH excluding ortho intramolecular Hbond substituents is 1. The Kier molecular flexibility index (Phi) is 25.7. The number of hydrogen-bond donors (Lipinski definition) is 13. The normalized spacial score (nSPS) is 23.0. The molecule has 3 rings (SSSR count). The van der Waals surface area contributed by atoms with Crippen molar-refractivity contribution in [2.75, 3.05) is 51.8 Å². The highest BCUT2D eigenvalue weighted by molar-refractivity contribution is 8.77. The van der Waals surface area contributed by atoms with E-state index in [0.717, 1.165) is 26.5 Å². The van der Waals surface area contributed by atoms with Gasteiger partial charge >= 0.3 is 0 Å². The Labute approximate surface area is 430 Å². The van der Waals surface area contributed by atoms with Crippen molar-refractivity contribution in [2.45, 2.75) is 114 Å². The maximum absolute atomic E-state index is 15.0. The zero-order valence-corrected chi connectivity index (χ0v) is 42.9. The van der Waals surface area contributed by atoms with E-state index in [2.05, 4.69) is 42.5 Å². The standard InChI is InChI=1S/C45H70N12O14S2/c1-5-24(4)37-44(69)52-27(10-11-33(46)60)40(65)54-30(18-34(47)61)42(67)56-38(32-19-49-31(22-72-73-32)43(68)53-29(41(66)55-37)17-25-6-8-26(59)9-7-25)45(70)57(12-14-71-15-13-58)21-36(63)51-28(16-23(2)3)39(64)50-20-35(48)62/h6-9,23-24,27-32,37-38,49,58-59H,5,10-22H2,1-4H3,(H2,46,60)(H2,47,61)(H2,48,62)(H,50,64)(H,51,63)(H,52,69)(H,53,68)(H,54,65)(H,55,66)(H,56,67)/t24-,27-,28-,29-,30-,31-,32?,37-,38-/m0/s1. The Morgan fingerprint density at radius 3 is 2.08 bits per heavy atom. The molecule has 0 aliphatic carbocycles. The van der Waals surface area contributed by atoms with E-state index in [1.54, 1.807) is 39.8 Å². The van der Waals surface area contributed by atoms with E-state index in [1.165, 1.54) is 12.1 Å². The van der Waals surface area contributed by atoms with Crippen molar-refractivity contribution < 1.29 is 67.7 Å². The fourth-order valence-electron chi connectivity index (χ4n) is 7.48. The van der Waals surface area contributed by atoms with Crippen molar-refractivity contribution in [3.63, 3.8) is 0 Å². The zero-order chi connectivity index (χ0) is 54.4. The summed E-state index contributed by atoms with van der Waals surface area (Å²) in [7, 11) is 2.19. The first-order valence-electron chi connectivity index (χ1n) is 23.7. The van der Waals surface area contributed by atoms with Crippen LogP contribution in [0.25, 0.3) is 0 Å². The molecule has 1 aromatic rings. The minimum absolute atomic E-state index is 0.0382. The number of rotatable bonds is 23. The van der Waals surface area contributed by atoms with Crippen LogP contribution in [0.1, 0.15) is 65.4 Å². The second-order valence-electron chi connectivity index (χ2n) is 18.0. The number of nitrogens with zero attached hydrogens (tertiary/aromatic N) is 1. The summed E-state index contributed by atoms with van der Waals surface area (Å²) in [6.45, 7) is 4.41. The van der Waals surface area contributed by atoms with E-state index in [4.69, 9.17) is 21.9 Å². The number of aliphatic hydroxyl groups is 1. The summed E-state index contributed by atoms with van der Waals surface area (Å²) >= 11 is 0. The van der Waals surface area contributed by atoms with Gasteiger partial charge in [0.15, 0.2) is 0 Å². The third kappa shape index (κ3) is 21.0. The highest BCUT2D eigenvalue weighted by Gasteiger charge is 2.41. The molecule has 73 heavy (non-hydrogen) atoms. The van der Waals surface area contributed by atoms with E-state index in [0.29, 0.717) is 12.0 Å². The number of aliphatic hydroxyl groups excluding tert-OH is 1. The van der Waals surface area contributed by atoms with Crippen LogP contribution in [0, 0.1) is 11.8 Å². The van der Waals surface area contributed by atoms with E-state index in [9.17, 15) is 63.0 Å². The maximum Gasteiger partial charge on any atom is 0.246 e. The summed E-state index contributed by atoms with van der Waals surface area (Å²) in [5.41, 5.74) is 16.7. The number of ether oxygens (including phenoxy) is 1. The van der Waals surface area contributed by atoms with Crippen LogP contribution in [0.4, 0.5) is 0 Å². The first kappa shape index (κ1) is 61.1. The smallest absolute Gasteiger partial charge is 0.246 e. The van der Waals surface area contributed by atoms with E-state index >= 15 is 0 Å². The van der Waals surface area contributed by atoms with Crippen LogP contribution in [-0.4, -0.2) is 179 Å². The molecular formula is C45H70N12O14S2. The van der Waals surface area contributed by atoms with Crippen LogP contribution >= 0.6 is 21.6 Å². The number of hydrogen-bond acceptors (Lipinski definition) is 17. The molecule has 0 spiro atoms. The van der Waals surface area contributed by atoms with E-state index in [-0.39, 0.29) is 63.2 Å². The summed E-state index contributed by atoms with van der Waals surface area (Å²) < 4.78 is 5.44. The maximum atomic E-state index is 15.0. The van der Waals surface area contributed by atoms with Crippen molar-refractivity contribution in [1.29, 1.82) is 0 Å². The molecule has 0 aromatic heterocycles. The molecule has 2 aliphatic heterocycles. The predicted octanol–water partition coefficient (Wildman–Crippen LogP) is -4.75. The average molecular weight is 1070 g/mol. The molecule has 16 N–H and O–H groups in total. The van der Waals surface area contributed by atoms with Crippen LogP contribution in [0.3, 0.4) is 0 Å².